The molecule has 2 aromatic rings. The quantitative estimate of drug-likeness (QED) is 0.817. The molecule has 0 N–H and O–H groups in total. The third kappa shape index (κ3) is 2.62. The van der Waals surface area contributed by atoms with Crippen LogP contribution in [0.5, 0.6) is 0 Å². The van der Waals surface area contributed by atoms with E-state index in [1.54, 1.807) is 13.0 Å². The van der Waals surface area contributed by atoms with E-state index < -0.39 is 12.5 Å². The molecule has 122 valence electrons. The zero-order chi connectivity index (χ0) is 16.7. The average Bonchev–Trinajstić information content (AvgIpc) is 2.89. The summed E-state index contributed by atoms with van der Waals surface area (Å²) in [6.07, 6.45) is 0.583. The topological polar surface area (TPSA) is 25.2 Å². The van der Waals surface area contributed by atoms with Gasteiger partial charge in [0.1, 0.15) is 11.5 Å². The fourth-order valence-corrected chi connectivity index (χ4v) is 3.19. The molecule has 0 bridgehead atoms. The van der Waals surface area contributed by atoms with Crippen LogP contribution in [0.3, 0.4) is 0 Å². The van der Waals surface area contributed by atoms with Crippen LogP contribution in [0.4, 0.5) is 13.2 Å². The second-order valence-corrected chi connectivity index (χ2v) is 5.78. The van der Waals surface area contributed by atoms with Gasteiger partial charge in [-0.05, 0) is 55.7 Å². The number of aryl methyl sites for hydroxylation is 1. The molecule has 1 aliphatic rings. The predicted octanol–water partition coefficient (Wildman–Crippen LogP) is 4.09. The lowest BCUT2D eigenvalue weighted by Crippen LogP contribution is -2.39. The van der Waals surface area contributed by atoms with Gasteiger partial charge in [-0.1, -0.05) is 6.07 Å². The number of amides is 1. The Morgan fingerprint density at radius 3 is 2.70 bits per heavy atom. The molecular weight excluding hydrogens is 305 g/mol. The zero-order valence-electron chi connectivity index (χ0n) is 12.9. The van der Waals surface area contributed by atoms with Crippen LogP contribution in [-0.2, 0) is 6.42 Å². The molecule has 1 amide bonds. The highest BCUT2D eigenvalue weighted by Gasteiger charge is 2.31. The maximum atomic E-state index is 13.5. The average molecular weight is 322 g/mol. The van der Waals surface area contributed by atoms with Gasteiger partial charge in [0.05, 0.1) is 6.04 Å². The zero-order valence-corrected chi connectivity index (χ0v) is 12.9. The molecule has 0 radical (unpaired) electrons. The Bertz CT molecular complexity index is 754. The largest absolute Gasteiger partial charge is 0.330 e. The molecule has 0 saturated heterocycles. The molecule has 6 heteroatoms. The van der Waals surface area contributed by atoms with E-state index in [4.69, 9.17) is 0 Å². The van der Waals surface area contributed by atoms with Crippen molar-refractivity contribution in [1.29, 1.82) is 0 Å². The highest BCUT2D eigenvalue weighted by molar-refractivity contribution is 5.93. The van der Waals surface area contributed by atoms with E-state index in [1.165, 1.54) is 36.1 Å². The first-order valence-corrected chi connectivity index (χ1v) is 7.45. The minimum atomic E-state index is -2.77. The number of fused-ring (bicyclic) bond motifs is 1. The number of rotatable bonds is 2. The Labute approximate surface area is 132 Å². The third-order valence-corrected chi connectivity index (χ3v) is 4.44. The molecule has 1 aromatic carbocycles. The van der Waals surface area contributed by atoms with Crippen molar-refractivity contribution in [2.75, 3.05) is 6.54 Å². The molecule has 2 heterocycles. The number of benzene rings is 1. The lowest BCUT2D eigenvalue weighted by Gasteiger charge is -2.35. The summed E-state index contributed by atoms with van der Waals surface area (Å²) >= 11 is 0. The SMILES string of the molecule is Cc1ccc(C(=O)N2CCc3ccc(F)cc3C2C)n1C(F)F. The second-order valence-electron chi connectivity index (χ2n) is 5.78. The summed E-state index contributed by atoms with van der Waals surface area (Å²) in [5.41, 5.74) is 2.02. The number of hydrogen-bond donors (Lipinski definition) is 0. The normalized spacial score (nSPS) is 17.5. The Balaban J connectivity index is 1.96. The number of carbonyl (C=O) groups is 1. The number of alkyl halides is 2. The van der Waals surface area contributed by atoms with Gasteiger partial charge in [-0.2, -0.15) is 8.78 Å². The molecule has 0 fully saturated rings. The summed E-state index contributed by atoms with van der Waals surface area (Å²) in [6, 6.07) is 7.09. The fraction of sp³-hybridized carbons (Fsp3) is 0.353. The molecule has 23 heavy (non-hydrogen) atoms. The number of halogens is 3. The van der Waals surface area contributed by atoms with Crippen LogP contribution in [0.15, 0.2) is 30.3 Å². The van der Waals surface area contributed by atoms with Crippen molar-refractivity contribution < 1.29 is 18.0 Å². The van der Waals surface area contributed by atoms with Crippen molar-refractivity contribution in [3.05, 3.63) is 58.7 Å². The monoisotopic (exact) mass is 322 g/mol. The van der Waals surface area contributed by atoms with Gasteiger partial charge in [-0.3, -0.25) is 9.36 Å². The van der Waals surface area contributed by atoms with Crippen LogP contribution >= 0.6 is 0 Å². The Hall–Kier alpha value is -2.24. The van der Waals surface area contributed by atoms with E-state index in [-0.39, 0.29) is 17.6 Å². The molecule has 1 unspecified atom stereocenters. The van der Waals surface area contributed by atoms with E-state index in [0.29, 0.717) is 18.7 Å². The van der Waals surface area contributed by atoms with E-state index in [9.17, 15) is 18.0 Å². The molecule has 3 nitrogen and oxygen atoms in total. The van der Waals surface area contributed by atoms with Gasteiger partial charge in [0.25, 0.3) is 5.91 Å². The molecule has 1 atom stereocenters. The third-order valence-electron chi connectivity index (χ3n) is 4.44. The first-order valence-electron chi connectivity index (χ1n) is 7.45. The number of nitrogens with zero attached hydrogens (tertiary/aromatic N) is 2. The predicted molar refractivity (Wildman–Crippen MR) is 80.0 cm³/mol. The molecule has 0 aliphatic carbocycles. The molecule has 3 rings (SSSR count). The van der Waals surface area contributed by atoms with Crippen molar-refractivity contribution in [3.8, 4) is 0 Å². The summed E-state index contributed by atoms with van der Waals surface area (Å²) in [4.78, 5) is 14.2. The lowest BCUT2D eigenvalue weighted by molar-refractivity contribution is 0.0512. The van der Waals surface area contributed by atoms with Crippen LogP contribution in [0, 0.1) is 12.7 Å². The first kappa shape index (κ1) is 15.6. The first-order chi connectivity index (χ1) is 10.9. The van der Waals surface area contributed by atoms with E-state index >= 15 is 0 Å². The standard InChI is InChI=1S/C17H17F3N2O/c1-10-3-6-15(22(10)17(19)20)16(23)21-8-7-12-4-5-13(18)9-14(12)11(21)2/h3-6,9,11,17H,7-8H2,1-2H3. The van der Waals surface area contributed by atoms with Crippen molar-refractivity contribution in [2.45, 2.75) is 32.9 Å². The summed E-state index contributed by atoms with van der Waals surface area (Å²) in [5.74, 6) is -0.822. The number of carbonyl (C=O) groups excluding carboxylic acids is 1. The van der Waals surface area contributed by atoms with Crippen molar-refractivity contribution in [1.82, 2.24) is 9.47 Å². The molecule has 1 aromatic heterocycles. The second kappa shape index (κ2) is 5.76. The van der Waals surface area contributed by atoms with Crippen LogP contribution in [-0.4, -0.2) is 21.9 Å². The van der Waals surface area contributed by atoms with Crippen molar-refractivity contribution >= 4 is 5.91 Å². The summed E-state index contributed by atoms with van der Waals surface area (Å²) < 4.78 is 40.6. The van der Waals surface area contributed by atoms with E-state index in [2.05, 4.69) is 0 Å². The number of hydrogen-bond acceptors (Lipinski definition) is 1. The van der Waals surface area contributed by atoms with Gasteiger partial charge >= 0.3 is 6.55 Å². The minimum Gasteiger partial charge on any atom is -0.330 e. The molecule has 1 aliphatic heterocycles. The van der Waals surface area contributed by atoms with Gasteiger partial charge in [-0.25, -0.2) is 4.39 Å². The van der Waals surface area contributed by atoms with Gasteiger partial charge in [0.2, 0.25) is 0 Å². The van der Waals surface area contributed by atoms with Gasteiger partial charge in [0.15, 0.2) is 0 Å². The van der Waals surface area contributed by atoms with Crippen LogP contribution in [0.2, 0.25) is 0 Å². The van der Waals surface area contributed by atoms with Crippen molar-refractivity contribution in [2.24, 2.45) is 0 Å². The lowest BCUT2D eigenvalue weighted by atomic mass is 9.93. The van der Waals surface area contributed by atoms with E-state index in [1.807, 2.05) is 0 Å². The summed E-state index contributed by atoms with van der Waals surface area (Å²) in [6.45, 7) is 0.978. The Morgan fingerprint density at radius 1 is 1.26 bits per heavy atom. The molecule has 0 spiro atoms. The van der Waals surface area contributed by atoms with Crippen LogP contribution < -0.4 is 0 Å². The van der Waals surface area contributed by atoms with Crippen LogP contribution in [0.1, 0.15) is 46.8 Å². The summed E-state index contributed by atoms with van der Waals surface area (Å²) in [5, 5.41) is 0. The maximum Gasteiger partial charge on any atom is 0.319 e. The highest BCUT2D eigenvalue weighted by atomic mass is 19.3. The highest BCUT2D eigenvalue weighted by Crippen LogP contribution is 2.32. The number of aromatic nitrogens is 1. The fourth-order valence-electron chi connectivity index (χ4n) is 3.19. The maximum absolute atomic E-state index is 13.5. The smallest absolute Gasteiger partial charge is 0.319 e. The van der Waals surface area contributed by atoms with E-state index in [0.717, 1.165) is 15.7 Å². The Morgan fingerprint density at radius 2 is 2.00 bits per heavy atom. The molecular formula is C17H17F3N2O. The van der Waals surface area contributed by atoms with Gasteiger partial charge in [0, 0.05) is 12.2 Å². The van der Waals surface area contributed by atoms with Gasteiger partial charge in [-0.15, -0.1) is 0 Å². The van der Waals surface area contributed by atoms with Crippen molar-refractivity contribution in [3.63, 3.8) is 0 Å². The summed E-state index contributed by atoms with van der Waals surface area (Å²) in [7, 11) is 0. The molecule has 0 saturated carbocycles. The van der Waals surface area contributed by atoms with Gasteiger partial charge < -0.3 is 4.90 Å². The Kier molecular flexibility index (Phi) is 3.92. The minimum absolute atomic E-state index is 0.0378. The van der Waals surface area contributed by atoms with Crippen LogP contribution in [0.25, 0.3) is 0 Å².